The number of hydrogen-bond acceptors (Lipinski definition) is 3. The summed E-state index contributed by atoms with van der Waals surface area (Å²) in [6.07, 6.45) is 0. The van der Waals surface area contributed by atoms with Crippen molar-refractivity contribution in [2.75, 3.05) is 14.2 Å². The molecule has 1 heterocycles. The molecule has 3 rings (SSSR count). The van der Waals surface area contributed by atoms with Crippen LogP contribution < -0.4 is 10.1 Å². The largest absolute Gasteiger partial charge is 0.497 e. The summed E-state index contributed by atoms with van der Waals surface area (Å²) in [5.74, 6) is 1.70. The Morgan fingerprint density at radius 1 is 1.10 bits per heavy atom. The van der Waals surface area contributed by atoms with Crippen molar-refractivity contribution in [1.29, 1.82) is 0 Å². The van der Waals surface area contributed by atoms with E-state index in [4.69, 9.17) is 20.8 Å². The molecule has 0 saturated carbocycles. The predicted molar refractivity (Wildman–Crippen MR) is 85.1 cm³/mol. The maximum atomic E-state index is 6.02. The smallest absolute Gasteiger partial charge is 0.134 e. The van der Waals surface area contributed by atoms with Gasteiger partial charge in [0.2, 0.25) is 0 Å². The molecule has 0 fully saturated rings. The zero-order valence-electron chi connectivity index (χ0n) is 11.9. The van der Waals surface area contributed by atoms with Crippen molar-refractivity contribution in [3.05, 3.63) is 64.9 Å². The molecule has 2 aromatic carbocycles. The Balaban J connectivity index is 2.00. The molecule has 0 bridgehead atoms. The number of fused-ring (bicyclic) bond motifs is 1. The van der Waals surface area contributed by atoms with Crippen LogP contribution in [0.4, 0.5) is 0 Å². The predicted octanol–water partition coefficient (Wildman–Crippen LogP) is 4.40. The van der Waals surface area contributed by atoms with Crippen molar-refractivity contribution in [2.24, 2.45) is 0 Å². The Morgan fingerprint density at radius 3 is 2.52 bits per heavy atom. The minimum Gasteiger partial charge on any atom is -0.497 e. The third-order valence-electron chi connectivity index (χ3n) is 3.52. The molecule has 1 atom stereocenters. The molecule has 0 saturated heterocycles. The molecule has 4 heteroatoms. The SMILES string of the molecule is CNC(c1ccc(OC)cc1)c1cc2cc(Cl)ccc2o1. The van der Waals surface area contributed by atoms with E-state index in [9.17, 15) is 0 Å². The Hall–Kier alpha value is -1.97. The van der Waals surface area contributed by atoms with Crippen molar-refractivity contribution in [2.45, 2.75) is 6.04 Å². The van der Waals surface area contributed by atoms with E-state index in [0.29, 0.717) is 5.02 Å². The van der Waals surface area contributed by atoms with Gasteiger partial charge in [0.25, 0.3) is 0 Å². The Bertz CT molecular complexity index is 749. The third-order valence-corrected chi connectivity index (χ3v) is 3.75. The standard InChI is InChI=1S/C17H16ClNO2/c1-19-17(11-3-6-14(20-2)7-4-11)16-10-12-9-13(18)5-8-15(12)21-16/h3-10,17,19H,1-2H3. The van der Waals surface area contributed by atoms with Crippen molar-refractivity contribution < 1.29 is 9.15 Å². The topological polar surface area (TPSA) is 34.4 Å². The number of furan rings is 1. The fourth-order valence-electron chi connectivity index (χ4n) is 2.45. The van der Waals surface area contributed by atoms with Crippen LogP contribution in [0.5, 0.6) is 5.75 Å². The van der Waals surface area contributed by atoms with Crippen LogP contribution in [-0.2, 0) is 0 Å². The molecule has 1 unspecified atom stereocenters. The minimum absolute atomic E-state index is 0.0120. The zero-order chi connectivity index (χ0) is 14.8. The molecule has 1 N–H and O–H groups in total. The number of methoxy groups -OCH3 is 1. The molecule has 108 valence electrons. The van der Waals surface area contributed by atoms with E-state index in [1.165, 1.54) is 0 Å². The highest BCUT2D eigenvalue weighted by Crippen LogP contribution is 2.30. The van der Waals surface area contributed by atoms with E-state index in [1.54, 1.807) is 7.11 Å². The molecule has 0 amide bonds. The van der Waals surface area contributed by atoms with Gasteiger partial charge in [-0.3, -0.25) is 0 Å². The second-order valence-electron chi connectivity index (χ2n) is 4.83. The van der Waals surface area contributed by atoms with Gasteiger partial charge < -0.3 is 14.5 Å². The fourth-order valence-corrected chi connectivity index (χ4v) is 2.63. The molecule has 3 aromatic rings. The second-order valence-corrected chi connectivity index (χ2v) is 5.26. The van der Waals surface area contributed by atoms with Gasteiger partial charge in [0, 0.05) is 10.4 Å². The quantitative estimate of drug-likeness (QED) is 0.775. The summed E-state index contributed by atoms with van der Waals surface area (Å²) in [5, 5.41) is 4.99. The lowest BCUT2D eigenvalue weighted by Crippen LogP contribution is -2.16. The van der Waals surface area contributed by atoms with E-state index < -0.39 is 0 Å². The van der Waals surface area contributed by atoms with Crippen molar-refractivity contribution in [3.63, 3.8) is 0 Å². The maximum Gasteiger partial charge on any atom is 0.134 e. The monoisotopic (exact) mass is 301 g/mol. The van der Waals surface area contributed by atoms with Gasteiger partial charge in [-0.1, -0.05) is 23.7 Å². The first-order valence-corrected chi connectivity index (χ1v) is 7.09. The van der Waals surface area contributed by atoms with Crippen molar-refractivity contribution in [1.82, 2.24) is 5.32 Å². The summed E-state index contributed by atoms with van der Waals surface area (Å²) >= 11 is 6.02. The molecule has 0 radical (unpaired) electrons. The normalized spacial score (nSPS) is 12.5. The lowest BCUT2D eigenvalue weighted by atomic mass is 10.0. The molecular formula is C17H16ClNO2. The summed E-state index contributed by atoms with van der Waals surface area (Å²) in [6, 6.07) is 15.6. The molecule has 0 aliphatic rings. The highest BCUT2D eigenvalue weighted by Gasteiger charge is 2.17. The fraction of sp³-hybridized carbons (Fsp3) is 0.176. The molecule has 21 heavy (non-hydrogen) atoms. The molecular weight excluding hydrogens is 286 g/mol. The van der Waals surface area contributed by atoms with Crippen LogP contribution in [0, 0.1) is 0 Å². The highest BCUT2D eigenvalue weighted by atomic mass is 35.5. The van der Waals surface area contributed by atoms with Gasteiger partial charge in [0.1, 0.15) is 17.1 Å². The highest BCUT2D eigenvalue weighted by molar-refractivity contribution is 6.31. The van der Waals surface area contributed by atoms with E-state index in [2.05, 4.69) is 5.32 Å². The van der Waals surface area contributed by atoms with Crippen LogP contribution in [0.3, 0.4) is 0 Å². The first-order chi connectivity index (χ1) is 10.2. The van der Waals surface area contributed by atoms with Gasteiger partial charge in [-0.05, 0) is 49.0 Å². The Morgan fingerprint density at radius 2 is 1.86 bits per heavy atom. The first kappa shape index (κ1) is 14.0. The Kier molecular flexibility index (Phi) is 3.86. The number of ether oxygens (including phenoxy) is 1. The van der Waals surface area contributed by atoms with Crippen LogP contribution in [-0.4, -0.2) is 14.2 Å². The van der Waals surface area contributed by atoms with Crippen LogP contribution in [0.15, 0.2) is 52.9 Å². The lowest BCUT2D eigenvalue weighted by Gasteiger charge is -2.14. The van der Waals surface area contributed by atoms with E-state index in [0.717, 1.165) is 28.0 Å². The average Bonchev–Trinajstić information content (AvgIpc) is 2.91. The molecule has 0 aliphatic carbocycles. The number of halogens is 1. The number of nitrogens with one attached hydrogen (secondary N) is 1. The number of benzene rings is 2. The van der Waals surface area contributed by atoms with Gasteiger partial charge in [-0.2, -0.15) is 0 Å². The maximum absolute atomic E-state index is 6.02. The molecule has 0 aliphatic heterocycles. The van der Waals surface area contributed by atoms with Gasteiger partial charge in [-0.15, -0.1) is 0 Å². The molecule has 0 spiro atoms. The molecule has 1 aromatic heterocycles. The average molecular weight is 302 g/mol. The zero-order valence-corrected chi connectivity index (χ0v) is 12.6. The lowest BCUT2D eigenvalue weighted by molar-refractivity contribution is 0.414. The van der Waals surface area contributed by atoms with Crippen LogP contribution >= 0.6 is 11.6 Å². The van der Waals surface area contributed by atoms with Gasteiger partial charge in [0.15, 0.2) is 0 Å². The van der Waals surface area contributed by atoms with Gasteiger partial charge >= 0.3 is 0 Å². The van der Waals surface area contributed by atoms with Crippen LogP contribution in [0.1, 0.15) is 17.4 Å². The summed E-state index contributed by atoms with van der Waals surface area (Å²) in [5.41, 5.74) is 1.95. The summed E-state index contributed by atoms with van der Waals surface area (Å²) in [6.45, 7) is 0. The number of hydrogen-bond donors (Lipinski definition) is 1. The summed E-state index contributed by atoms with van der Waals surface area (Å²) in [4.78, 5) is 0. The van der Waals surface area contributed by atoms with Crippen LogP contribution in [0.2, 0.25) is 5.02 Å². The van der Waals surface area contributed by atoms with Crippen molar-refractivity contribution >= 4 is 22.6 Å². The summed E-state index contributed by atoms with van der Waals surface area (Å²) < 4.78 is 11.1. The number of rotatable bonds is 4. The van der Waals surface area contributed by atoms with Crippen molar-refractivity contribution in [3.8, 4) is 5.75 Å². The third kappa shape index (κ3) is 2.75. The second kappa shape index (κ2) is 5.80. The van der Waals surface area contributed by atoms with E-state index in [1.807, 2.05) is 55.6 Å². The first-order valence-electron chi connectivity index (χ1n) is 6.71. The minimum atomic E-state index is -0.0120. The summed E-state index contributed by atoms with van der Waals surface area (Å²) in [7, 11) is 3.57. The van der Waals surface area contributed by atoms with Gasteiger partial charge in [0.05, 0.1) is 13.2 Å². The van der Waals surface area contributed by atoms with Gasteiger partial charge in [-0.25, -0.2) is 0 Å². The van der Waals surface area contributed by atoms with E-state index >= 15 is 0 Å². The van der Waals surface area contributed by atoms with E-state index in [-0.39, 0.29) is 6.04 Å². The molecule has 3 nitrogen and oxygen atoms in total. The van der Waals surface area contributed by atoms with Crippen LogP contribution in [0.25, 0.3) is 11.0 Å². The Labute approximate surface area is 128 Å².